The average molecular weight is 194 g/mol. The second kappa shape index (κ2) is 3.49. The van der Waals surface area contributed by atoms with E-state index in [-0.39, 0.29) is 17.7 Å². The van der Waals surface area contributed by atoms with Crippen LogP contribution in [0.1, 0.15) is 29.9 Å². The van der Waals surface area contributed by atoms with Gasteiger partial charge in [0.25, 0.3) is 0 Å². The molecule has 0 bridgehead atoms. The number of hydrogen-bond acceptors (Lipinski definition) is 4. The lowest BCUT2D eigenvalue weighted by molar-refractivity contribution is 0.0907. The summed E-state index contributed by atoms with van der Waals surface area (Å²) in [5, 5.41) is 7.50. The highest BCUT2D eigenvalue weighted by Crippen LogP contribution is 2.26. The Morgan fingerprint density at radius 1 is 1.64 bits per heavy atom. The van der Waals surface area contributed by atoms with Crippen LogP contribution in [-0.2, 0) is 7.05 Å². The summed E-state index contributed by atoms with van der Waals surface area (Å²) in [5.74, 6) is 0.579. The molecular formula is C9H14N4O. The van der Waals surface area contributed by atoms with E-state index in [1.165, 1.54) is 0 Å². The second-order valence-corrected chi connectivity index (χ2v) is 3.90. The van der Waals surface area contributed by atoms with Crippen molar-refractivity contribution >= 4 is 5.78 Å². The molecule has 0 spiro atoms. The van der Waals surface area contributed by atoms with Gasteiger partial charge in [0, 0.05) is 19.0 Å². The van der Waals surface area contributed by atoms with Crippen LogP contribution in [0.25, 0.3) is 0 Å². The van der Waals surface area contributed by atoms with Crippen LogP contribution in [0.3, 0.4) is 0 Å². The number of rotatable bonds is 2. The summed E-state index contributed by atoms with van der Waals surface area (Å²) in [4.78, 5) is 11.9. The van der Waals surface area contributed by atoms with Gasteiger partial charge in [-0.05, 0) is 19.3 Å². The van der Waals surface area contributed by atoms with E-state index in [9.17, 15) is 4.79 Å². The molecule has 0 saturated heterocycles. The molecule has 0 aliphatic heterocycles. The van der Waals surface area contributed by atoms with Crippen LogP contribution in [0.15, 0.2) is 6.33 Å². The van der Waals surface area contributed by atoms with Crippen LogP contribution < -0.4 is 5.73 Å². The minimum atomic E-state index is 0.0490. The van der Waals surface area contributed by atoms with E-state index < -0.39 is 0 Å². The van der Waals surface area contributed by atoms with Crippen molar-refractivity contribution < 1.29 is 4.79 Å². The summed E-state index contributed by atoms with van der Waals surface area (Å²) in [5.41, 5.74) is 5.76. The highest BCUT2D eigenvalue weighted by atomic mass is 16.1. The maximum Gasteiger partial charge on any atom is 0.203 e. The number of ketones is 1. The normalized spacial score (nSPS) is 26.7. The molecule has 2 unspecified atom stereocenters. The second-order valence-electron chi connectivity index (χ2n) is 3.90. The number of nitrogens with two attached hydrogens (primary N) is 1. The predicted molar refractivity (Wildman–Crippen MR) is 50.6 cm³/mol. The van der Waals surface area contributed by atoms with E-state index in [1.807, 2.05) is 0 Å². The van der Waals surface area contributed by atoms with Crippen molar-refractivity contribution in [3.8, 4) is 0 Å². The van der Waals surface area contributed by atoms with Crippen molar-refractivity contribution in [1.29, 1.82) is 0 Å². The third-order valence-electron chi connectivity index (χ3n) is 2.78. The molecule has 5 nitrogen and oxygen atoms in total. The Labute approximate surface area is 82.3 Å². The first kappa shape index (κ1) is 9.33. The van der Waals surface area contributed by atoms with Crippen LogP contribution in [0, 0.1) is 5.92 Å². The van der Waals surface area contributed by atoms with E-state index >= 15 is 0 Å². The first-order valence-electron chi connectivity index (χ1n) is 4.82. The average Bonchev–Trinajstić information content (AvgIpc) is 2.73. The third kappa shape index (κ3) is 1.55. The van der Waals surface area contributed by atoms with Gasteiger partial charge in [-0.25, -0.2) is 0 Å². The van der Waals surface area contributed by atoms with Crippen LogP contribution >= 0.6 is 0 Å². The van der Waals surface area contributed by atoms with Gasteiger partial charge in [-0.2, -0.15) is 0 Å². The van der Waals surface area contributed by atoms with E-state index in [1.54, 1.807) is 17.9 Å². The quantitative estimate of drug-likeness (QED) is 0.679. The molecular weight excluding hydrogens is 180 g/mol. The molecule has 76 valence electrons. The zero-order chi connectivity index (χ0) is 10.1. The lowest BCUT2D eigenvalue weighted by atomic mass is 10.0. The van der Waals surface area contributed by atoms with Crippen molar-refractivity contribution in [2.45, 2.75) is 25.3 Å². The first-order chi connectivity index (χ1) is 6.68. The van der Waals surface area contributed by atoms with Crippen molar-refractivity contribution in [3.63, 3.8) is 0 Å². The maximum atomic E-state index is 11.9. The lowest BCUT2D eigenvalue weighted by Crippen LogP contribution is -2.20. The van der Waals surface area contributed by atoms with E-state index in [2.05, 4.69) is 10.2 Å². The summed E-state index contributed by atoms with van der Waals surface area (Å²) < 4.78 is 1.66. The Kier molecular flexibility index (Phi) is 2.33. The van der Waals surface area contributed by atoms with E-state index in [0.29, 0.717) is 5.82 Å². The van der Waals surface area contributed by atoms with Gasteiger partial charge in [0.05, 0.1) is 0 Å². The fourth-order valence-corrected chi connectivity index (χ4v) is 1.94. The molecule has 1 aliphatic carbocycles. The largest absolute Gasteiger partial charge is 0.328 e. The molecule has 1 saturated carbocycles. The van der Waals surface area contributed by atoms with Gasteiger partial charge < -0.3 is 10.3 Å². The van der Waals surface area contributed by atoms with Gasteiger partial charge >= 0.3 is 0 Å². The molecule has 5 heteroatoms. The fourth-order valence-electron chi connectivity index (χ4n) is 1.94. The summed E-state index contributed by atoms with van der Waals surface area (Å²) in [6.07, 6.45) is 4.15. The number of nitrogens with zero attached hydrogens (tertiary/aromatic N) is 3. The highest BCUT2D eigenvalue weighted by Gasteiger charge is 2.30. The van der Waals surface area contributed by atoms with Gasteiger partial charge in [-0.15, -0.1) is 10.2 Å². The van der Waals surface area contributed by atoms with Crippen molar-refractivity contribution in [2.75, 3.05) is 0 Å². The first-order valence-corrected chi connectivity index (χ1v) is 4.82. The molecule has 1 heterocycles. The molecule has 2 N–H and O–H groups in total. The summed E-state index contributed by atoms with van der Waals surface area (Å²) in [6.45, 7) is 0. The Hall–Kier alpha value is -1.23. The number of hydrogen-bond donors (Lipinski definition) is 1. The molecule has 1 fully saturated rings. The number of carbonyl (C=O) groups is 1. The number of Topliss-reactive ketones (excluding diaryl/α,β-unsaturated/α-hetero) is 1. The van der Waals surface area contributed by atoms with Crippen molar-refractivity contribution in [1.82, 2.24) is 14.8 Å². The Balaban J connectivity index is 2.13. The van der Waals surface area contributed by atoms with Gasteiger partial charge in [0.1, 0.15) is 6.33 Å². The minimum absolute atomic E-state index is 0.0490. The molecule has 0 amide bonds. The summed E-state index contributed by atoms with van der Waals surface area (Å²) in [7, 11) is 1.78. The fraction of sp³-hybridized carbons (Fsp3) is 0.667. The summed E-state index contributed by atoms with van der Waals surface area (Å²) >= 11 is 0. The zero-order valence-electron chi connectivity index (χ0n) is 8.18. The zero-order valence-corrected chi connectivity index (χ0v) is 8.18. The Bertz CT molecular complexity index is 346. The molecule has 1 aliphatic rings. The molecule has 2 atom stereocenters. The Morgan fingerprint density at radius 2 is 2.43 bits per heavy atom. The molecule has 1 aromatic rings. The monoisotopic (exact) mass is 194 g/mol. The van der Waals surface area contributed by atoms with Crippen molar-refractivity contribution in [3.05, 3.63) is 12.2 Å². The highest BCUT2D eigenvalue weighted by molar-refractivity contribution is 5.94. The molecule has 0 radical (unpaired) electrons. The lowest BCUT2D eigenvalue weighted by Gasteiger charge is -2.06. The van der Waals surface area contributed by atoms with Crippen molar-refractivity contribution in [2.24, 2.45) is 18.7 Å². The van der Waals surface area contributed by atoms with Gasteiger partial charge in [-0.3, -0.25) is 4.79 Å². The molecule has 14 heavy (non-hydrogen) atoms. The van der Waals surface area contributed by atoms with Gasteiger partial charge in [0.15, 0.2) is 5.82 Å². The van der Waals surface area contributed by atoms with Gasteiger partial charge in [-0.1, -0.05) is 0 Å². The number of aromatic nitrogens is 3. The molecule has 0 aromatic carbocycles. The smallest absolute Gasteiger partial charge is 0.203 e. The standard InChI is InChI=1S/C9H14N4O/c1-13-5-11-12-9(13)8(14)6-2-3-7(10)4-6/h5-7H,2-4,10H2,1H3. The predicted octanol–water partition coefficient (Wildman–Crippen LogP) is 0.125. The molecule has 2 rings (SSSR count). The number of carbonyl (C=O) groups excluding carboxylic acids is 1. The van der Waals surface area contributed by atoms with Crippen LogP contribution in [0.5, 0.6) is 0 Å². The number of aryl methyl sites for hydroxylation is 1. The van der Waals surface area contributed by atoms with E-state index in [0.717, 1.165) is 19.3 Å². The Morgan fingerprint density at radius 3 is 2.93 bits per heavy atom. The van der Waals surface area contributed by atoms with Crippen LogP contribution in [0.4, 0.5) is 0 Å². The van der Waals surface area contributed by atoms with Crippen LogP contribution in [0.2, 0.25) is 0 Å². The minimum Gasteiger partial charge on any atom is -0.328 e. The SMILES string of the molecule is Cn1cnnc1C(=O)C1CCC(N)C1. The van der Waals surface area contributed by atoms with E-state index in [4.69, 9.17) is 5.73 Å². The van der Waals surface area contributed by atoms with Gasteiger partial charge in [0.2, 0.25) is 5.78 Å². The third-order valence-corrected chi connectivity index (χ3v) is 2.78. The van der Waals surface area contributed by atoms with Crippen LogP contribution in [-0.4, -0.2) is 26.6 Å². The molecule has 1 aromatic heterocycles. The summed E-state index contributed by atoms with van der Waals surface area (Å²) in [6, 6.07) is 0.178. The maximum absolute atomic E-state index is 11.9. The topological polar surface area (TPSA) is 73.8 Å².